The van der Waals surface area contributed by atoms with Crippen LogP contribution in [-0.2, 0) is 11.3 Å². The number of nitrogens with one attached hydrogen (secondary N) is 1. The number of methoxy groups -OCH3 is 1. The zero-order valence-corrected chi connectivity index (χ0v) is 12.3. The Morgan fingerprint density at radius 2 is 2.12 bits per heavy atom. The SMILES string of the molecule is COCCCNCc1cc(Br)cc(Br)c1O. The van der Waals surface area contributed by atoms with Crippen molar-refractivity contribution in [3.8, 4) is 5.75 Å². The van der Waals surface area contributed by atoms with Crippen LogP contribution in [0.25, 0.3) is 0 Å². The number of phenols is 1. The van der Waals surface area contributed by atoms with E-state index < -0.39 is 0 Å². The van der Waals surface area contributed by atoms with Gasteiger partial charge in [0, 0.05) is 30.3 Å². The van der Waals surface area contributed by atoms with E-state index in [-0.39, 0.29) is 0 Å². The monoisotopic (exact) mass is 351 g/mol. The van der Waals surface area contributed by atoms with Gasteiger partial charge in [0.2, 0.25) is 0 Å². The third kappa shape index (κ3) is 4.41. The molecule has 90 valence electrons. The first kappa shape index (κ1) is 14.0. The van der Waals surface area contributed by atoms with Gasteiger partial charge >= 0.3 is 0 Å². The van der Waals surface area contributed by atoms with E-state index in [0.717, 1.165) is 29.6 Å². The molecule has 0 spiro atoms. The van der Waals surface area contributed by atoms with Crippen molar-refractivity contribution >= 4 is 31.9 Å². The molecule has 0 aliphatic rings. The molecule has 16 heavy (non-hydrogen) atoms. The second kappa shape index (κ2) is 7.27. The van der Waals surface area contributed by atoms with Crippen LogP contribution in [0.3, 0.4) is 0 Å². The molecule has 0 aliphatic heterocycles. The Morgan fingerprint density at radius 3 is 2.81 bits per heavy atom. The molecule has 0 aliphatic carbocycles. The molecule has 1 rings (SSSR count). The van der Waals surface area contributed by atoms with Gasteiger partial charge in [-0.1, -0.05) is 15.9 Å². The van der Waals surface area contributed by atoms with Crippen LogP contribution in [-0.4, -0.2) is 25.4 Å². The van der Waals surface area contributed by atoms with Crippen molar-refractivity contribution < 1.29 is 9.84 Å². The maximum Gasteiger partial charge on any atom is 0.134 e. The van der Waals surface area contributed by atoms with Crippen molar-refractivity contribution in [3.05, 3.63) is 26.6 Å². The first-order chi connectivity index (χ1) is 7.65. The van der Waals surface area contributed by atoms with E-state index in [4.69, 9.17) is 4.74 Å². The fraction of sp³-hybridized carbons (Fsp3) is 0.455. The molecule has 0 radical (unpaired) electrons. The van der Waals surface area contributed by atoms with Gasteiger partial charge in [-0.25, -0.2) is 0 Å². The lowest BCUT2D eigenvalue weighted by molar-refractivity contribution is 0.194. The predicted octanol–water partition coefficient (Wildman–Crippen LogP) is 3.04. The Hall–Kier alpha value is -0.100. The highest BCUT2D eigenvalue weighted by Crippen LogP contribution is 2.31. The summed E-state index contributed by atoms with van der Waals surface area (Å²) in [6.45, 7) is 2.27. The molecule has 0 amide bonds. The van der Waals surface area contributed by atoms with Crippen molar-refractivity contribution in [1.82, 2.24) is 5.32 Å². The van der Waals surface area contributed by atoms with Gasteiger partial charge in [-0.2, -0.15) is 0 Å². The van der Waals surface area contributed by atoms with E-state index in [1.165, 1.54) is 0 Å². The van der Waals surface area contributed by atoms with Crippen molar-refractivity contribution in [1.29, 1.82) is 0 Å². The summed E-state index contributed by atoms with van der Waals surface area (Å²) in [5.41, 5.74) is 0.874. The highest BCUT2D eigenvalue weighted by atomic mass is 79.9. The Labute approximate surface area is 112 Å². The topological polar surface area (TPSA) is 41.5 Å². The average Bonchev–Trinajstić information content (AvgIpc) is 2.24. The Kier molecular flexibility index (Phi) is 6.34. The molecule has 1 aromatic rings. The summed E-state index contributed by atoms with van der Waals surface area (Å²) in [5.74, 6) is 0.294. The summed E-state index contributed by atoms with van der Waals surface area (Å²) in [6.07, 6.45) is 0.965. The van der Waals surface area contributed by atoms with Crippen LogP contribution in [0, 0.1) is 0 Å². The van der Waals surface area contributed by atoms with Crippen LogP contribution in [0.15, 0.2) is 21.1 Å². The smallest absolute Gasteiger partial charge is 0.134 e. The summed E-state index contributed by atoms with van der Waals surface area (Å²) in [4.78, 5) is 0. The first-order valence-corrected chi connectivity index (χ1v) is 6.60. The van der Waals surface area contributed by atoms with Crippen molar-refractivity contribution in [2.24, 2.45) is 0 Å². The lowest BCUT2D eigenvalue weighted by Crippen LogP contribution is -2.16. The normalized spacial score (nSPS) is 10.7. The molecule has 0 saturated heterocycles. The number of ether oxygens (including phenoxy) is 1. The number of aromatic hydroxyl groups is 1. The molecule has 5 heteroatoms. The fourth-order valence-electron chi connectivity index (χ4n) is 1.32. The highest BCUT2D eigenvalue weighted by Gasteiger charge is 2.06. The predicted molar refractivity (Wildman–Crippen MR) is 71.7 cm³/mol. The van der Waals surface area contributed by atoms with Crippen LogP contribution in [0.4, 0.5) is 0 Å². The summed E-state index contributed by atoms with van der Waals surface area (Å²) < 4.78 is 6.61. The number of halogens is 2. The molecule has 0 aromatic heterocycles. The Bertz CT molecular complexity index is 345. The quantitative estimate of drug-likeness (QED) is 0.773. The molecule has 2 N–H and O–H groups in total. The maximum atomic E-state index is 9.79. The summed E-state index contributed by atoms with van der Waals surface area (Å²) >= 11 is 6.70. The minimum atomic E-state index is 0.294. The number of hydrogen-bond acceptors (Lipinski definition) is 3. The summed E-state index contributed by atoms with van der Waals surface area (Å²) in [5, 5.41) is 13.0. The van der Waals surface area contributed by atoms with E-state index in [9.17, 15) is 5.11 Å². The number of benzene rings is 1. The van der Waals surface area contributed by atoms with E-state index >= 15 is 0 Å². The van der Waals surface area contributed by atoms with Crippen LogP contribution >= 0.6 is 31.9 Å². The van der Waals surface area contributed by atoms with Gasteiger partial charge in [0.05, 0.1) is 4.47 Å². The van der Waals surface area contributed by atoms with Crippen molar-refractivity contribution in [3.63, 3.8) is 0 Å². The van der Waals surface area contributed by atoms with E-state index in [1.54, 1.807) is 7.11 Å². The zero-order chi connectivity index (χ0) is 12.0. The fourth-order valence-corrected chi connectivity index (χ4v) is 2.63. The second-order valence-corrected chi connectivity index (χ2v) is 5.19. The van der Waals surface area contributed by atoms with Crippen LogP contribution < -0.4 is 5.32 Å². The first-order valence-electron chi connectivity index (χ1n) is 5.01. The minimum absolute atomic E-state index is 0.294. The number of rotatable bonds is 6. The van der Waals surface area contributed by atoms with E-state index in [2.05, 4.69) is 37.2 Å². The molecule has 0 bridgehead atoms. The molecule has 0 atom stereocenters. The van der Waals surface area contributed by atoms with Gasteiger partial charge in [0.25, 0.3) is 0 Å². The maximum absolute atomic E-state index is 9.79. The van der Waals surface area contributed by atoms with Crippen LogP contribution in [0.1, 0.15) is 12.0 Å². The molecule has 1 aromatic carbocycles. The van der Waals surface area contributed by atoms with Crippen molar-refractivity contribution in [2.45, 2.75) is 13.0 Å². The third-order valence-electron chi connectivity index (χ3n) is 2.12. The zero-order valence-electron chi connectivity index (χ0n) is 9.09. The van der Waals surface area contributed by atoms with Gasteiger partial charge < -0.3 is 15.2 Å². The second-order valence-electron chi connectivity index (χ2n) is 3.42. The largest absolute Gasteiger partial charge is 0.506 e. The average molecular weight is 353 g/mol. The standard InChI is InChI=1S/C11H15Br2NO2/c1-16-4-2-3-14-7-8-5-9(12)6-10(13)11(8)15/h5-6,14-15H,2-4,7H2,1H3. The van der Waals surface area contributed by atoms with Crippen molar-refractivity contribution in [2.75, 3.05) is 20.3 Å². The lowest BCUT2D eigenvalue weighted by atomic mass is 10.2. The molecule has 3 nitrogen and oxygen atoms in total. The van der Waals surface area contributed by atoms with Gasteiger partial charge in [-0.3, -0.25) is 0 Å². The molecule has 0 heterocycles. The number of phenolic OH excluding ortho intramolecular Hbond substituents is 1. The Morgan fingerprint density at radius 1 is 1.38 bits per heavy atom. The lowest BCUT2D eigenvalue weighted by Gasteiger charge is -2.08. The summed E-state index contributed by atoms with van der Waals surface area (Å²) in [6, 6.07) is 3.73. The third-order valence-corrected chi connectivity index (χ3v) is 3.19. The molecule has 0 unspecified atom stereocenters. The summed E-state index contributed by atoms with van der Waals surface area (Å²) in [7, 11) is 1.69. The van der Waals surface area contributed by atoms with Crippen LogP contribution in [0.5, 0.6) is 5.75 Å². The minimum Gasteiger partial charge on any atom is -0.506 e. The molecular formula is C11H15Br2NO2. The number of hydrogen-bond donors (Lipinski definition) is 2. The van der Waals surface area contributed by atoms with Gasteiger partial charge in [-0.05, 0) is 41.0 Å². The Balaban J connectivity index is 2.47. The van der Waals surface area contributed by atoms with Gasteiger partial charge in [0.1, 0.15) is 5.75 Å². The van der Waals surface area contributed by atoms with Crippen LogP contribution in [0.2, 0.25) is 0 Å². The van der Waals surface area contributed by atoms with E-state index in [0.29, 0.717) is 16.8 Å². The van der Waals surface area contributed by atoms with Gasteiger partial charge in [0.15, 0.2) is 0 Å². The molecule has 0 fully saturated rings. The molecular weight excluding hydrogens is 338 g/mol. The van der Waals surface area contributed by atoms with E-state index in [1.807, 2.05) is 12.1 Å². The van der Waals surface area contributed by atoms with Gasteiger partial charge in [-0.15, -0.1) is 0 Å². The molecule has 0 saturated carbocycles. The highest BCUT2D eigenvalue weighted by molar-refractivity contribution is 9.11.